The number of hydrogen-bond acceptors (Lipinski definition) is 3. The van der Waals surface area contributed by atoms with E-state index >= 15 is 0 Å². The first-order valence-corrected chi connectivity index (χ1v) is 1.31. The predicted octanol–water partition coefficient (Wildman–Crippen LogP) is -1.82. The average Bonchev–Trinajstić information content (AvgIpc) is 1.61. The molecule has 5 heteroatoms. The van der Waals surface area contributed by atoms with Crippen LogP contribution in [0.3, 0.4) is 0 Å². The summed E-state index contributed by atoms with van der Waals surface area (Å²) >= 11 is 0. The Balaban J connectivity index is 2.73. The van der Waals surface area contributed by atoms with E-state index in [4.69, 9.17) is 5.84 Å². The number of hydrazone groups is 1. The van der Waals surface area contributed by atoms with E-state index < -0.39 is 0 Å². The van der Waals surface area contributed by atoms with Crippen molar-refractivity contribution in [3.05, 3.63) is 0 Å². The van der Waals surface area contributed by atoms with Crippen molar-refractivity contribution in [1.82, 2.24) is 16.8 Å². The van der Waals surface area contributed by atoms with Crippen molar-refractivity contribution in [2.24, 2.45) is 10.9 Å². The maximum Gasteiger partial charge on any atom is 0.125 e. The van der Waals surface area contributed by atoms with Gasteiger partial charge in [0, 0.05) is 0 Å². The molecule has 0 aromatic carbocycles. The standard InChI is InChI=1S/CH6N5/c2-4-1-5-6-3/h1-2,6H,3H2,(H,4,5). The van der Waals surface area contributed by atoms with Gasteiger partial charge < -0.3 is 0 Å². The molecule has 0 aromatic heterocycles. The van der Waals surface area contributed by atoms with Gasteiger partial charge in [0.15, 0.2) is 0 Å². The summed E-state index contributed by atoms with van der Waals surface area (Å²) in [6.07, 6.45) is 1.11. The fraction of sp³-hybridized carbons (Fsp3) is 0. The molecule has 0 bridgehead atoms. The van der Waals surface area contributed by atoms with Crippen molar-refractivity contribution >= 4 is 6.34 Å². The van der Waals surface area contributed by atoms with Gasteiger partial charge in [0.25, 0.3) is 0 Å². The van der Waals surface area contributed by atoms with Gasteiger partial charge in [-0.05, 0) is 0 Å². The Kier molecular flexibility index (Phi) is 3.62. The van der Waals surface area contributed by atoms with Gasteiger partial charge in [-0.2, -0.15) is 10.9 Å². The molecule has 0 aliphatic rings. The van der Waals surface area contributed by atoms with Crippen LogP contribution in [0.25, 0.3) is 0 Å². The molecule has 1 radical (unpaired) electrons. The summed E-state index contributed by atoms with van der Waals surface area (Å²) < 4.78 is 0. The van der Waals surface area contributed by atoms with Crippen LogP contribution in [0, 0.1) is 0 Å². The number of nitrogens with one attached hydrogen (secondary N) is 3. The van der Waals surface area contributed by atoms with Crippen molar-refractivity contribution < 1.29 is 0 Å². The predicted molar refractivity (Wildman–Crippen MR) is 22.0 cm³/mol. The highest BCUT2D eigenvalue weighted by atomic mass is 15.5. The molecular weight excluding hydrogens is 82.0 g/mol. The number of nitrogens with zero attached hydrogens (tertiary/aromatic N) is 1. The lowest BCUT2D eigenvalue weighted by molar-refractivity contribution is 0.797. The molecule has 0 aliphatic heterocycles. The van der Waals surface area contributed by atoms with Gasteiger partial charge in [-0.1, -0.05) is 0 Å². The maximum absolute atomic E-state index is 6.21. The molecule has 0 saturated carbocycles. The van der Waals surface area contributed by atoms with E-state index in [1.165, 1.54) is 0 Å². The van der Waals surface area contributed by atoms with E-state index in [1.54, 1.807) is 0 Å². The van der Waals surface area contributed by atoms with E-state index in [1.807, 2.05) is 11.0 Å². The summed E-state index contributed by atoms with van der Waals surface area (Å²) in [5, 5.41) is 3.19. The Morgan fingerprint density at radius 2 is 2.50 bits per heavy atom. The first-order chi connectivity index (χ1) is 2.91. The highest BCUT2D eigenvalue weighted by Gasteiger charge is 1.53. The van der Waals surface area contributed by atoms with Crippen LogP contribution in [-0.4, -0.2) is 6.34 Å². The number of hydrogen-bond donors (Lipinski definition) is 3. The lowest BCUT2D eigenvalue weighted by Gasteiger charge is -1.81. The zero-order chi connectivity index (χ0) is 4.83. The largest absolute Gasteiger partial charge is 0.295 e. The van der Waals surface area contributed by atoms with Gasteiger partial charge in [-0.25, -0.2) is 11.4 Å². The van der Waals surface area contributed by atoms with Crippen LogP contribution >= 0.6 is 0 Å². The van der Waals surface area contributed by atoms with Gasteiger partial charge in [-0.3, -0.25) is 5.43 Å². The Morgan fingerprint density at radius 3 is 2.67 bits per heavy atom. The summed E-state index contributed by atoms with van der Waals surface area (Å²) in [5.74, 6) is 10.9. The molecule has 5 N–H and O–H groups in total. The van der Waals surface area contributed by atoms with Crippen molar-refractivity contribution in [3.63, 3.8) is 0 Å². The van der Waals surface area contributed by atoms with Crippen LogP contribution in [0.15, 0.2) is 5.10 Å². The molecular formula is CH6N5. The molecule has 0 spiro atoms. The average molecular weight is 88.1 g/mol. The first-order valence-electron chi connectivity index (χ1n) is 1.31. The van der Waals surface area contributed by atoms with Crippen LogP contribution in [0.1, 0.15) is 0 Å². The Bertz CT molecular complexity index is 33.2. The quantitative estimate of drug-likeness (QED) is 0.161. The van der Waals surface area contributed by atoms with E-state index in [9.17, 15) is 0 Å². The summed E-state index contributed by atoms with van der Waals surface area (Å²) in [5.41, 5.74) is 3.84. The normalized spacial score (nSPS) is 9.00. The minimum Gasteiger partial charge on any atom is -0.295 e. The van der Waals surface area contributed by atoms with Gasteiger partial charge in [0.05, 0.1) is 0 Å². The third-order valence-electron chi connectivity index (χ3n) is 0.204. The molecule has 0 heterocycles. The molecule has 0 aromatic rings. The molecule has 0 saturated heterocycles. The summed E-state index contributed by atoms with van der Waals surface area (Å²) in [7, 11) is 0. The summed E-state index contributed by atoms with van der Waals surface area (Å²) in [6, 6.07) is 0. The van der Waals surface area contributed by atoms with E-state index in [-0.39, 0.29) is 0 Å². The molecule has 5 nitrogen and oxygen atoms in total. The second-order valence-electron chi connectivity index (χ2n) is 0.532. The van der Waals surface area contributed by atoms with Crippen LogP contribution in [0.5, 0.6) is 0 Å². The van der Waals surface area contributed by atoms with E-state index in [2.05, 4.69) is 10.9 Å². The smallest absolute Gasteiger partial charge is 0.125 e. The molecule has 6 heavy (non-hydrogen) atoms. The van der Waals surface area contributed by atoms with Crippen LogP contribution in [-0.2, 0) is 0 Å². The van der Waals surface area contributed by atoms with Gasteiger partial charge >= 0.3 is 0 Å². The third kappa shape index (κ3) is 3.19. The topological polar surface area (TPSA) is 86.2 Å². The van der Waals surface area contributed by atoms with Crippen molar-refractivity contribution in [2.75, 3.05) is 0 Å². The van der Waals surface area contributed by atoms with E-state index in [0.29, 0.717) is 0 Å². The monoisotopic (exact) mass is 88.1 g/mol. The lowest BCUT2D eigenvalue weighted by atomic mass is 11.3. The van der Waals surface area contributed by atoms with Crippen molar-refractivity contribution in [3.8, 4) is 0 Å². The number of rotatable bonds is 2. The zero-order valence-corrected chi connectivity index (χ0v) is 3.10. The molecule has 0 atom stereocenters. The number of hydrazine groups is 1. The van der Waals surface area contributed by atoms with Gasteiger partial charge in [0.2, 0.25) is 0 Å². The SMILES string of the molecule is [NH]NC=NNN. The third-order valence-corrected chi connectivity index (χ3v) is 0.204. The zero-order valence-electron chi connectivity index (χ0n) is 3.10. The van der Waals surface area contributed by atoms with Crippen LogP contribution in [0.4, 0.5) is 0 Å². The molecule has 0 amide bonds. The first kappa shape index (κ1) is 5.19. The highest BCUT2D eigenvalue weighted by Crippen LogP contribution is 1.34. The van der Waals surface area contributed by atoms with Crippen molar-refractivity contribution in [1.29, 1.82) is 0 Å². The molecule has 0 aliphatic carbocycles. The second kappa shape index (κ2) is 4.19. The highest BCUT2D eigenvalue weighted by molar-refractivity contribution is 5.52. The summed E-state index contributed by atoms with van der Waals surface area (Å²) in [6.45, 7) is 0. The molecule has 0 rings (SSSR count). The Hall–Kier alpha value is -0.810. The Labute approximate surface area is 35.3 Å². The van der Waals surface area contributed by atoms with Crippen LogP contribution < -0.4 is 22.6 Å². The van der Waals surface area contributed by atoms with Crippen LogP contribution in [0.2, 0.25) is 0 Å². The molecule has 35 valence electrons. The fourth-order valence-electron chi connectivity index (χ4n) is 0.0695. The molecule has 0 fully saturated rings. The number of nitrogens with two attached hydrogens (primary N) is 1. The fourth-order valence-corrected chi connectivity index (χ4v) is 0.0695. The molecule has 0 unspecified atom stereocenters. The van der Waals surface area contributed by atoms with E-state index in [0.717, 1.165) is 6.34 Å². The van der Waals surface area contributed by atoms with Crippen molar-refractivity contribution in [2.45, 2.75) is 0 Å². The second-order valence-corrected chi connectivity index (χ2v) is 0.532. The van der Waals surface area contributed by atoms with Gasteiger partial charge in [-0.15, -0.1) is 0 Å². The minimum atomic E-state index is 1.11. The summed E-state index contributed by atoms with van der Waals surface area (Å²) in [4.78, 5) is 0. The van der Waals surface area contributed by atoms with Gasteiger partial charge in [0.1, 0.15) is 6.34 Å². The lowest BCUT2D eigenvalue weighted by Crippen LogP contribution is -2.17. The Morgan fingerprint density at radius 1 is 1.83 bits per heavy atom. The maximum atomic E-state index is 6.21. The minimum absolute atomic E-state index is 1.11.